The molecule has 1 aromatic heterocycles. The molecular weight excluding hydrogens is 302 g/mol. The third-order valence-electron chi connectivity index (χ3n) is 4.23. The SMILES string of the molecule is O=C(Nc1ccccc1-n1cncn1)N1CCc2ccccc2C1. The van der Waals surface area contributed by atoms with Gasteiger partial charge in [-0.15, -0.1) is 0 Å². The van der Waals surface area contributed by atoms with Gasteiger partial charge in [-0.1, -0.05) is 36.4 Å². The second kappa shape index (κ2) is 6.16. The number of hydrogen-bond acceptors (Lipinski definition) is 3. The Balaban J connectivity index is 1.54. The Bertz CT molecular complexity index is 859. The Hall–Kier alpha value is -3.15. The summed E-state index contributed by atoms with van der Waals surface area (Å²) in [7, 11) is 0. The Morgan fingerprint density at radius 2 is 1.83 bits per heavy atom. The van der Waals surface area contributed by atoms with Gasteiger partial charge < -0.3 is 10.2 Å². The molecule has 0 saturated heterocycles. The molecule has 120 valence electrons. The molecule has 0 radical (unpaired) electrons. The number of urea groups is 1. The lowest BCUT2D eigenvalue weighted by molar-refractivity contribution is 0.206. The normalized spacial score (nSPS) is 13.4. The van der Waals surface area contributed by atoms with E-state index in [1.165, 1.54) is 17.5 Å². The van der Waals surface area contributed by atoms with Gasteiger partial charge in [0.2, 0.25) is 0 Å². The van der Waals surface area contributed by atoms with Gasteiger partial charge in [0.15, 0.2) is 0 Å². The molecule has 0 bridgehead atoms. The first kappa shape index (κ1) is 14.4. The Morgan fingerprint density at radius 1 is 1.04 bits per heavy atom. The first-order chi connectivity index (χ1) is 11.8. The van der Waals surface area contributed by atoms with Gasteiger partial charge in [-0.25, -0.2) is 14.5 Å². The van der Waals surface area contributed by atoms with E-state index in [0.717, 1.165) is 12.1 Å². The van der Waals surface area contributed by atoms with E-state index >= 15 is 0 Å². The number of carbonyl (C=O) groups is 1. The van der Waals surface area contributed by atoms with Crippen LogP contribution < -0.4 is 5.32 Å². The highest BCUT2D eigenvalue weighted by molar-refractivity contribution is 5.91. The summed E-state index contributed by atoms with van der Waals surface area (Å²) in [5.41, 5.74) is 4.04. The molecule has 6 heteroatoms. The Kier molecular flexibility index (Phi) is 3.70. The van der Waals surface area contributed by atoms with Crippen LogP contribution in [0.2, 0.25) is 0 Å². The lowest BCUT2D eigenvalue weighted by Gasteiger charge is -2.29. The predicted octanol–water partition coefficient (Wildman–Crippen LogP) is 2.86. The van der Waals surface area contributed by atoms with E-state index in [1.807, 2.05) is 41.3 Å². The Labute approximate surface area is 139 Å². The van der Waals surface area contributed by atoms with Crippen molar-refractivity contribution in [3.05, 3.63) is 72.3 Å². The second-order valence-electron chi connectivity index (χ2n) is 5.73. The van der Waals surface area contributed by atoms with Crippen LogP contribution in [0.4, 0.5) is 10.5 Å². The van der Waals surface area contributed by atoms with E-state index in [-0.39, 0.29) is 6.03 Å². The zero-order valence-electron chi connectivity index (χ0n) is 13.1. The number of nitrogens with one attached hydrogen (secondary N) is 1. The van der Waals surface area contributed by atoms with Crippen LogP contribution in [0.1, 0.15) is 11.1 Å². The summed E-state index contributed by atoms with van der Waals surface area (Å²) >= 11 is 0. The summed E-state index contributed by atoms with van der Waals surface area (Å²) in [6, 6.07) is 15.7. The van der Waals surface area contributed by atoms with Crippen molar-refractivity contribution in [1.29, 1.82) is 0 Å². The third kappa shape index (κ3) is 2.74. The summed E-state index contributed by atoms with van der Waals surface area (Å²) in [6.45, 7) is 1.35. The van der Waals surface area contributed by atoms with E-state index in [2.05, 4.69) is 27.5 Å². The minimum absolute atomic E-state index is 0.0999. The highest BCUT2D eigenvalue weighted by Gasteiger charge is 2.21. The second-order valence-corrected chi connectivity index (χ2v) is 5.73. The number of anilines is 1. The van der Waals surface area contributed by atoms with Gasteiger partial charge in [-0.3, -0.25) is 0 Å². The van der Waals surface area contributed by atoms with E-state index in [9.17, 15) is 4.79 Å². The van der Waals surface area contributed by atoms with Crippen molar-refractivity contribution in [2.45, 2.75) is 13.0 Å². The molecule has 24 heavy (non-hydrogen) atoms. The zero-order chi connectivity index (χ0) is 16.4. The number of rotatable bonds is 2. The smallest absolute Gasteiger partial charge is 0.320 e. The fourth-order valence-corrected chi connectivity index (χ4v) is 2.98. The Morgan fingerprint density at radius 3 is 2.67 bits per heavy atom. The maximum atomic E-state index is 12.7. The molecule has 2 heterocycles. The first-order valence-corrected chi connectivity index (χ1v) is 7.88. The summed E-state index contributed by atoms with van der Waals surface area (Å²) in [5.74, 6) is 0. The quantitative estimate of drug-likeness (QED) is 0.790. The fourth-order valence-electron chi connectivity index (χ4n) is 2.98. The predicted molar refractivity (Wildman–Crippen MR) is 90.9 cm³/mol. The van der Waals surface area contributed by atoms with Crippen LogP contribution in [-0.4, -0.2) is 32.2 Å². The molecule has 0 aliphatic carbocycles. The van der Waals surface area contributed by atoms with Crippen molar-refractivity contribution >= 4 is 11.7 Å². The van der Waals surface area contributed by atoms with E-state index in [0.29, 0.717) is 18.8 Å². The van der Waals surface area contributed by atoms with Crippen LogP contribution in [0.5, 0.6) is 0 Å². The monoisotopic (exact) mass is 319 g/mol. The maximum absolute atomic E-state index is 12.7. The van der Waals surface area contributed by atoms with Crippen molar-refractivity contribution in [3.8, 4) is 5.69 Å². The molecule has 6 nitrogen and oxygen atoms in total. The number of carbonyl (C=O) groups excluding carboxylic acids is 1. The van der Waals surface area contributed by atoms with Gasteiger partial charge in [0.05, 0.1) is 11.4 Å². The van der Waals surface area contributed by atoms with E-state index in [1.54, 1.807) is 11.0 Å². The number of hydrogen-bond donors (Lipinski definition) is 1. The van der Waals surface area contributed by atoms with Crippen LogP contribution in [0.15, 0.2) is 61.2 Å². The number of fused-ring (bicyclic) bond motifs is 1. The molecule has 0 fully saturated rings. The van der Waals surface area contributed by atoms with Crippen molar-refractivity contribution in [1.82, 2.24) is 19.7 Å². The zero-order valence-corrected chi connectivity index (χ0v) is 13.1. The molecular formula is C18H17N5O. The summed E-state index contributed by atoms with van der Waals surface area (Å²) in [6.07, 6.45) is 3.97. The van der Waals surface area contributed by atoms with Crippen molar-refractivity contribution < 1.29 is 4.79 Å². The van der Waals surface area contributed by atoms with Gasteiger partial charge >= 0.3 is 6.03 Å². The fraction of sp³-hybridized carbons (Fsp3) is 0.167. The summed E-state index contributed by atoms with van der Waals surface area (Å²) < 4.78 is 1.64. The molecule has 2 amide bonds. The van der Waals surface area contributed by atoms with Crippen molar-refractivity contribution in [2.24, 2.45) is 0 Å². The highest BCUT2D eigenvalue weighted by atomic mass is 16.2. The van der Waals surface area contributed by atoms with Crippen LogP contribution in [0, 0.1) is 0 Å². The van der Waals surface area contributed by atoms with Crippen LogP contribution in [0.3, 0.4) is 0 Å². The van der Waals surface area contributed by atoms with Gasteiger partial charge in [-0.2, -0.15) is 5.10 Å². The average Bonchev–Trinajstić information content (AvgIpc) is 3.16. The largest absolute Gasteiger partial charge is 0.322 e. The average molecular weight is 319 g/mol. The minimum Gasteiger partial charge on any atom is -0.320 e. The molecule has 1 aliphatic rings. The molecule has 1 N–H and O–H groups in total. The van der Waals surface area contributed by atoms with E-state index in [4.69, 9.17) is 0 Å². The number of benzene rings is 2. The third-order valence-corrected chi connectivity index (χ3v) is 4.23. The molecule has 0 atom stereocenters. The molecule has 0 spiro atoms. The van der Waals surface area contributed by atoms with Gasteiger partial charge in [0.25, 0.3) is 0 Å². The topological polar surface area (TPSA) is 63.1 Å². The molecule has 2 aromatic carbocycles. The van der Waals surface area contributed by atoms with Crippen LogP contribution in [-0.2, 0) is 13.0 Å². The minimum atomic E-state index is -0.0999. The summed E-state index contributed by atoms with van der Waals surface area (Å²) in [4.78, 5) is 18.5. The number of nitrogens with zero attached hydrogens (tertiary/aromatic N) is 4. The lowest BCUT2D eigenvalue weighted by Crippen LogP contribution is -2.39. The van der Waals surface area contributed by atoms with Crippen molar-refractivity contribution in [2.75, 3.05) is 11.9 Å². The number of aromatic nitrogens is 3. The van der Waals surface area contributed by atoms with Crippen LogP contribution in [0.25, 0.3) is 5.69 Å². The van der Waals surface area contributed by atoms with Gasteiger partial charge in [0.1, 0.15) is 12.7 Å². The first-order valence-electron chi connectivity index (χ1n) is 7.88. The van der Waals surface area contributed by atoms with Gasteiger partial charge in [0, 0.05) is 13.1 Å². The number of amides is 2. The molecule has 1 aliphatic heterocycles. The maximum Gasteiger partial charge on any atom is 0.322 e. The van der Waals surface area contributed by atoms with Crippen LogP contribution >= 0.6 is 0 Å². The van der Waals surface area contributed by atoms with E-state index < -0.39 is 0 Å². The van der Waals surface area contributed by atoms with Gasteiger partial charge in [-0.05, 0) is 29.7 Å². The highest BCUT2D eigenvalue weighted by Crippen LogP contribution is 2.22. The molecule has 3 aromatic rings. The molecule has 4 rings (SSSR count). The lowest BCUT2D eigenvalue weighted by atomic mass is 10.0. The molecule has 0 saturated carbocycles. The molecule has 0 unspecified atom stereocenters. The van der Waals surface area contributed by atoms with Crippen molar-refractivity contribution in [3.63, 3.8) is 0 Å². The number of para-hydroxylation sites is 2. The summed E-state index contributed by atoms with van der Waals surface area (Å²) in [5, 5.41) is 7.14. The standard InChI is InChI=1S/C18H17N5O/c24-18(22-10-9-14-5-1-2-6-15(14)11-22)21-16-7-3-4-8-17(16)23-13-19-12-20-23/h1-8,12-13H,9-11H2,(H,21,24).